The Kier molecular flexibility index (Phi) is 6.43. The molecule has 0 aliphatic carbocycles. The molecular formula is C12H16ClNO3. The smallest absolute Gasteiger partial charge is 0.332 e. The number of benzene rings is 1. The van der Waals surface area contributed by atoms with Crippen molar-refractivity contribution in [3.8, 4) is 0 Å². The molecule has 1 N–H and O–H groups in total. The average molecular weight is 258 g/mol. The van der Waals surface area contributed by atoms with Crippen molar-refractivity contribution in [3.63, 3.8) is 0 Å². The molecule has 0 aliphatic heterocycles. The Morgan fingerprint density at radius 2 is 2.18 bits per heavy atom. The molecule has 0 fully saturated rings. The van der Waals surface area contributed by atoms with Crippen LogP contribution in [0.4, 0.5) is 5.69 Å². The van der Waals surface area contributed by atoms with Crippen LogP contribution in [-0.4, -0.2) is 32.3 Å². The van der Waals surface area contributed by atoms with Gasteiger partial charge in [-0.2, -0.15) is 0 Å². The third-order valence-electron chi connectivity index (χ3n) is 1.96. The molecule has 0 radical (unpaired) electrons. The second kappa shape index (κ2) is 7.92. The summed E-state index contributed by atoms with van der Waals surface area (Å²) in [5.41, 5.74) is 0.855. The number of carbonyl (C=O) groups excluding carboxylic acids is 1. The van der Waals surface area contributed by atoms with Gasteiger partial charge in [0.25, 0.3) is 0 Å². The minimum atomic E-state index is -0.342. The monoisotopic (exact) mass is 257 g/mol. The molecule has 0 amide bonds. The Bertz CT molecular complexity index is 357. The number of rotatable bonds is 7. The highest BCUT2D eigenvalue weighted by Gasteiger charge is 2.01. The number of carbonyl (C=O) groups is 1. The van der Waals surface area contributed by atoms with Crippen molar-refractivity contribution in [3.05, 3.63) is 29.3 Å². The normalized spacial score (nSPS) is 10.0. The molecule has 1 aromatic carbocycles. The molecule has 1 aromatic rings. The summed E-state index contributed by atoms with van der Waals surface area (Å²) < 4.78 is 9.85. The summed E-state index contributed by atoms with van der Waals surface area (Å²) in [4.78, 5) is 10.9. The lowest BCUT2D eigenvalue weighted by Crippen LogP contribution is -2.16. The van der Waals surface area contributed by atoms with Crippen LogP contribution < -0.4 is 5.32 Å². The number of anilines is 1. The maximum Gasteiger partial charge on any atom is 0.332 e. The SMILES string of the molecule is CCOC(=O)COCCNc1ccccc1Cl. The van der Waals surface area contributed by atoms with Crippen LogP contribution in [0.3, 0.4) is 0 Å². The zero-order valence-electron chi connectivity index (χ0n) is 9.74. The van der Waals surface area contributed by atoms with Gasteiger partial charge in [-0.3, -0.25) is 0 Å². The van der Waals surface area contributed by atoms with E-state index >= 15 is 0 Å². The van der Waals surface area contributed by atoms with Crippen LogP contribution in [0.5, 0.6) is 0 Å². The molecule has 1 rings (SSSR count). The van der Waals surface area contributed by atoms with Crippen molar-refractivity contribution >= 4 is 23.3 Å². The number of nitrogens with one attached hydrogen (secondary N) is 1. The third kappa shape index (κ3) is 5.56. The van der Waals surface area contributed by atoms with Crippen molar-refractivity contribution in [1.82, 2.24) is 0 Å². The number of ether oxygens (including phenoxy) is 2. The van der Waals surface area contributed by atoms with Gasteiger partial charge in [0.05, 0.1) is 23.9 Å². The van der Waals surface area contributed by atoms with Gasteiger partial charge in [-0.1, -0.05) is 23.7 Å². The molecule has 0 heterocycles. The molecule has 5 heteroatoms. The fraction of sp³-hybridized carbons (Fsp3) is 0.417. The summed E-state index contributed by atoms with van der Waals surface area (Å²) in [5, 5.41) is 3.77. The van der Waals surface area contributed by atoms with Gasteiger partial charge >= 0.3 is 5.97 Å². The molecule has 4 nitrogen and oxygen atoms in total. The molecule has 0 unspecified atom stereocenters. The Hall–Kier alpha value is -1.26. The molecular weight excluding hydrogens is 242 g/mol. The first-order chi connectivity index (χ1) is 8.24. The highest BCUT2D eigenvalue weighted by molar-refractivity contribution is 6.33. The highest BCUT2D eigenvalue weighted by Crippen LogP contribution is 2.19. The van der Waals surface area contributed by atoms with E-state index in [1.807, 2.05) is 24.3 Å². The maximum atomic E-state index is 10.9. The van der Waals surface area contributed by atoms with Crippen LogP contribution in [0.15, 0.2) is 24.3 Å². The van der Waals surface area contributed by atoms with Gasteiger partial charge in [-0.15, -0.1) is 0 Å². The minimum Gasteiger partial charge on any atom is -0.464 e. The fourth-order valence-corrected chi connectivity index (χ4v) is 1.42. The Labute approximate surface area is 106 Å². The molecule has 0 bridgehead atoms. The zero-order chi connectivity index (χ0) is 12.5. The zero-order valence-corrected chi connectivity index (χ0v) is 10.5. The van der Waals surface area contributed by atoms with Crippen molar-refractivity contribution in [1.29, 1.82) is 0 Å². The number of esters is 1. The van der Waals surface area contributed by atoms with Crippen LogP contribution >= 0.6 is 11.6 Å². The first-order valence-electron chi connectivity index (χ1n) is 5.45. The van der Waals surface area contributed by atoms with Crippen molar-refractivity contribution in [2.24, 2.45) is 0 Å². The molecule has 17 heavy (non-hydrogen) atoms. The van der Waals surface area contributed by atoms with Gasteiger partial charge in [0.2, 0.25) is 0 Å². The van der Waals surface area contributed by atoms with E-state index in [2.05, 4.69) is 5.32 Å². The molecule has 0 aliphatic rings. The van der Waals surface area contributed by atoms with E-state index in [9.17, 15) is 4.79 Å². The molecule has 0 saturated carbocycles. The number of halogens is 1. The molecule has 0 spiro atoms. The number of para-hydroxylation sites is 1. The lowest BCUT2D eigenvalue weighted by atomic mass is 10.3. The summed E-state index contributed by atoms with van der Waals surface area (Å²) >= 11 is 5.95. The Morgan fingerprint density at radius 1 is 1.41 bits per heavy atom. The van der Waals surface area contributed by atoms with Crippen LogP contribution in [0.1, 0.15) is 6.92 Å². The Morgan fingerprint density at radius 3 is 2.88 bits per heavy atom. The van der Waals surface area contributed by atoms with Crippen LogP contribution in [0.2, 0.25) is 5.02 Å². The summed E-state index contributed by atoms with van der Waals surface area (Å²) in [7, 11) is 0. The van der Waals surface area contributed by atoms with E-state index in [0.717, 1.165) is 5.69 Å². The molecule has 94 valence electrons. The lowest BCUT2D eigenvalue weighted by Gasteiger charge is -2.08. The Balaban J connectivity index is 2.13. The van der Waals surface area contributed by atoms with Gasteiger partial charge in [0, 0.05) is 6.54 Å². The van der Waals surface area contributed by atoms with E-state index in [-0.39, 0.29) is 12.6 Å². The maximum absolute atomic E-state index is 10.9. The second-order valence-electron chi connectivity index (χ2n) is 3.26. The van der Waals surface area contributed by atoms with Gasteiger partial charge in [-0.05, 0) is 19.1 Å². The molecule has 0 atom stereocenters. The number of hydrogen-bond donors (Lipinski definition) is 1. The minimum absolute atomic E-state index is 0.0158. The lowest BCUT2D eigenvalue weighted by molar-refractivity contribution is -0.148. The van der Waals surface area contributed by atoms with Crippen LogP contribution in [0, 0.1) is 0 Å². The van der Waals surface area contributed by atoms with Gasteiger partial charge in [-0.25, -0.2) is 4.79 Å². The largest absolute Gasteiger partial charge is 0.464 e. The third-order valence-corrected chi connectivity index (χ3v) is 2.29. The van der Waals surface area contributed by atoms with Crippen molar-refractivity contribution in [2.75, 3.05) is 31.7 Å². The van der Waals surface area contributed by atoms with E-state index < -0.39 is 0 Å². The topological polar surface area (TPSA) is 47.6 Å². The van der Waals surface area contributed by atoms with E-state index in [1.54, 1.807) is 6.92 Å². The first kappa shape index (κ1) is 13.8. The van der Waals surface area contributed by atoms with E-state index in [0.29, 0.717) is 24.8 Å². The molecule has 0 saturated heterocycles. The summed E-state index contributed by atoms with van der Waals surface area (Å²) in [5.74, 6) is -0.342. The van der Waals surface area contributed by atoms with Crippen molar-refractivity contribution in [2.45, 2.75) is 6.92 Å². The quantitative estimate of drug-likeness (QED) is 0.602. The first-order valence-corrected chi connectivity index (χ1v) is 5.83. The van der Waals surface area contributed by atoms with Crippen LogP contribution in [-0.2, 0) is 14.3 Å². The predicted molar refractivity (Wildman–Crippen MR) is 67.4 cm³/mol. The van der Waals surface area contributed by atoms with Gasteiger partial charge < -0.3 is 14.8 Å². The van der Waals surface area contributed by atoms with E-state index in [1.165, 1.54) is 0 Å². The summed E-state index contributed by atoms with van der Waals surface area (Å²) in [6.07, 6.45) is 0. The van der Waals surface area contributed by atoms with E-state index in [4.69, 9.17) is 21.1 Å². The second-order valence-corrected chi connectivity index (χ2v) is 3.67. The van der Waals surface area contributed by atoms with Crippen molar-refractivity contribution < 1.29 is 14.3 Å². The number of hydrogen-bond acceptors (Lipinski definition) is 4. The highest BCUT2D eigenvalue weighted by atomic mass is 35.5. The summed E-state index contributed by atoms with van der Waals surface area (Å²) in [6, 6.07) is 7.45. The fourth-order valence-electron chi connectivity index (χ4n) is 1.22. The predicted octanol–water partition coefficient (Wildman–Crippen LogP) is 2.33. The van der Waals surface area contributed by atoms with Gasteiger partial charge in [0.15, 0.2) is 0 Å². The standard InChI is InChI=1S/C12H16ClNO3/c1-2-17-12(15)9-16-8-7-14-11-6-4-3-5-10(11)13/h3-6,14H,2,7-9H2,1H3. The van der Waals surface area contributed by atoms with Crippen LogP contribution in [0.25, 0.3) is 0 Å². The molecule has 0 aromatic heterocycles. The van der Waals surface area contributed by atoms with Gasteiger partial charge in [0.1, 0.15) is 6.61 Å². The summed E-state index contributed by atoms with van der Waals surface area (Å²) in [6.45, 7) is 3.13. The average Bonchev–Trinajstić information content (AvgIpc) is 2.31.